The molecule has 3 aromatic rings. The first-order valence-corrected chi connectivity index (χ1v) is 8.04. The van der Waals surface area contributed by atoms with Gasteiger partial charge in [-0.25, -0.2) is 9.59 Å². The molecule has 10 heteroatoms. The van der Waals surface area contributed by atoms with Gasteiger partial charge in [0.1, 0.15) is 0 Å². The SMILES string of the molecule is NC(=O)NCCn1nnc(-c2ccccc2Nc2ccc(C(=O)O)cc2)n1. The van der Waals surface area contributed by atoms with Crippen molar-refractivity contribution in [3.63, 3.8) is 0 Å². The van der Waals surface area contributed by atoms with Gasteiger partial charge in [-0.3, -0.25) is 0 Å². The van der Waals surface area contributed by atoms with E-state index in [0.29, 0.717) is 18.9 Å². The van der Waals surface area contributed by atoms with Crippen LogP contribution in [0.5, 0.6) is 0 Å². The van der Waals surface area contributed by atoms with Crippen molar-refractivity contribution in [1.29, 1.82) is 0 Å². The molecule has 0 aliphatic carbocycles. The number of aromatic carboxylic acids is 1. The average Bonchev–Trinajstić information content (AvgIpc) is 3.11. The van der Waals surface area contributed by atoms with Crippen LogP contribution in [0.25, 0.3) is 11.4 Å². The fourth-order valence-corrected chi connectivity index (χ4v) is 2.36. The van der Waals surface area contributed by atoms with Gasteiger partial charge in [0.05, 0.1) is 12.1 Å². The quantitative estimate of drug-likeness (QED) is 0.494. The third-order valence-corrected chi connectivity index (χ3v) is 3.64. The molecule has 0 saturated heterocycles. The fraction of sp³-hybridized carbons (Fsp3) is 0.118. The third kappa shape index (κ3) is 4.57. The second-order valence-electron chi connectivity index (χ2n) is 5.55. The number of aromatic nitrogens is 4. The number of carbonyl (C=O) groups is 2. The Morgan fingerprint density at radius 1 is 1.11 bits per heavy atom. The molecule has 10 nitrogen and oxygen atoms in total. The van der Waals surface area contributed by atoms with Gasteiger partial charge >= 0.3 is 12.0 Å². The van der Waals surface area contributed by atoms with Crippen LogP contribution < -0.4 is 16.4 Å². The van der Waals surface area contributed by atoms with Crippen LogP contribution in [0.2, 0.25) is 0 Å². The van der Waals surface area contributed by atoms with E-state index in [1.807, 2.05) is 24.3 Å². The summed E-state index contributed by atoms with van der Waals surface area (Å²) in [5, 5.41) is 27.0. The van der Waals surface area contributed by atoms with Crippen molar-refractivity contribution in [2.45, 2.75) is 6.54 Å². The van der Waals surface area contributed by atoms with E-state index in [1.165, 1.54) is 16.9 Å². The Kier molecular flexibility index (Phi) is 5.26. The largest absolute Gasteiger partial charge is 0.478 e. The van der Waals surface area contributed by atoms with E-state index in [2.05, 4.69) is 26.0 Å². The normalized spacial score (nSPS) is 10.4. The van der Waals surface area contributed by atoms with Gasteiger partial charge in [0.25, 0.3) is 0 Å². The number of para-hydroxylation sites is 1. The predicted molar refractivity (Wildman–Crippen MR) is 97.5 cm³/mol. The molecule has 0 fully saturated rings. The molecule has 0 atom stereocenters. The van der Waals surface area contributed by atoms with Crippen LogP contribution in [-0.4, -0.2) is 43.9 Å². The maximum Gasteiger partial charge on any atom is 0.335 e. The first-order valence-electron chi connectivity index (χ1n) is 8.04. The number of nitrogens with two attached hydrogens (primary N) is 1. The van der Waals surface area contributed by atoms with Crippen molar-refractivity contribution < 1.29 is 14.7 Å². The van der Waals surface area contributed by atoms with Crippen LogP contribution in [0.3, 0.4) is 0 Å². The summed E-state index contributed by atoms with van der Waals surface area (Å²) in [5.41, 5.74) is 7.43. The summed E-state index contributed by atoms with van der Waals surface area (Å²) in [6.07, 6.45) is 0. The topological polar surface area (TPSA) is 148 Å². The van der Waals surface area contributed by atoms with E-state index in [1.54, 1.807) is 12.1 Å². The molecule has 27 heavy (non-hydrogen) atoms. The number of hydrogen-bond donors (Lipinski definition) is 4. The van der Waals surface area contributed by atoms with Gasteiger partial charge in [-0.1, -0.05) is 12.1 Å². The first-order chi connectivity index (χ1) is 13.0. The van der Waals surface area contributed by atoms with Crippen molar-refractivity contribution in [2.24, 2.45) is 5.73 Å². The second kappa shape index (κ2) is 7.95. The van der Waals surface area contributed by atoms with Crippen molar-refractivity contribution >= 4 is 23.4 Å². The van der Waals surface area contributed by atoms with Crippen LogP contribution in [0, 0.1) is 0 Å². The lowest BCUT2D eigenvalue weighted by Crippen LogP contribution is -2.32. The number of anilines is 2. The molecule has 2 aromatic carbocycles. The predicted octanol–water partition coefficient (Wildman–Crippen LogP) is 1.45. The summed E-state index contributed by atoms with van der Waals surface area (Å²) in [5.74, 6) is -0.562. The summed E-state index contributed by atoms with van der Waals surface area (Å²) in [4.78, 5) is 23.0. The molecule has 0 spiro atoms. The number of urea groups is 1. The molecule has 1 heterocycles. The number of nitrogens with zero attached hydrogens (tertiary/aromatic N) is 4. The van der Waals surface area contributed by atoms with E-state index >= 15 is 0 Å². The Bertz CT molecular complexity index is 953. The van der Waals surface area contributed by atoms with Gasteiger partial charge in [0, 0.05) is 23.5 Å². The Morgan fingerprint density at radius 2 is 1.85 bits per heavy atom. The summed E-state index contributed by atoms with van der Waals surface area (Å²) in [7, 11) is 0. The highest BCUT2D eigenvalue weighted by atomic mass is 16.4. The lowest BCUT2D eigenvalue weighted by atomic mass is 10.1. The van der Waals surface area contributed by atoms with Gasteiger partial charge in [-0.05, 0) is 41.6 Å². The summed E-state index contributed by atoms with van der Waals surface area (Å²) >= 11 is 0. The van der Waals surface area contributed by atoms with Crippen LogP contribution in [0.4, 0.5) is 16.2 Å². The molecule has 0 aliphatic heterocycles. The first kappa shape index (κ1) is 17.9. The molecule has 1 aromatic heterocycles. The highest BCUT2D eigenvalue weighted by Crippen LogP contribution is 2.27. The second-order valence-corrected chi connectivity index (χ2v) is 5.55. The minimum Gasteiger partial charge on any atom is -0.478 e. The number of hydrogen-bond acceptors (Lipinski definition) is 6. The number of primary amides is 1. The zero-order valence-corrected chi connectivity index (χ0v) is 14.2. The number of rotatable bonds is 7. The van der Waals surface area contributed by atoms with Crippen molar-refractivity contribution in [1.82, 2.24) is 25.5 Å². The van der Waals surface area contributed by atoms with Gasteiger partial charge < -0.3 is 21.5 Å². The Morgan fingerprint density at radius 3 is 2.56 bits per heavy atom. The number of carboxylic acid groups (broad SMARTS) is 1. The number of carbonyl (C=O) groups excluding carboxylic acids is 1. The smallest absolute Gasteiger partial charge is 0.335 e. The van der Waals surface area contributed by atoms with Crippen molar-refractivity contribution in [3.05, 3.63) is 54.1 Å². The molecular weight excluding hydrogens is 350 g/mol. The molecule has 2 amide bonds. The molecule has 5 N–H and O–H groups in total. The molecule has 0 radical (unpaired) electrons. The van der Waals surface area contributed by atoms with Gasteiger partial charge in [-0.2, -0.15) is 4.80 Å². The summed E-state index contributed by atoms with van der Waals surface area (Å²) in [6, 6.07) is 13.2. The zero-order chi connectivity index (χ0) is 19.2. The summed E-state index contributed by atoms with van der Waals surface area (Å²) < 4.78 is 0. The molecule has 0 aliphatic rings. The highest BCUT2D eigenvalue weighted by molar-refractivity contribution is 5.88. The average molecular weight is 367 g/mol. The van der Waals surface area contributed by atoms with Gasteiger partial charge in [-0.15, -0.1) is 10.2 Å². The zero-order valence-electron chi connectivity index (χ0n) is 14.2. The fourth-order valence-electron chi connectivity index (χ4n) is 2.36. The van der Waals surface area contributed by atoms with E-state index in [0.717, 1.165) is 16.9 Å². The number of amides is 2. The Labute approximate surface area is 154 Å². The number of carboxylic acids is 1. The van der Waals surface area contributed by atoms with Crippen molar-refractivity contribution in [2.75, 3.05) is 11.9 Å². The number of tetrazole rings is 1. The molecule has 138 valence electrons. The monoisotopic (exact) mass is 367 g/mol. The minimum atomic E-state index is -0.978. The van der Waals surface area contributed by atoms with E-state index in [4.69, 9.17) is 10.8 Å². The van der Waals surface area contributed by atoms with Crippen LogP contribution in [-0.2, 0) is 6.54 Å². The molecule has 0 saturated carbocycles. The van der Waals surface area contributed by atoms with Gasteiger partial charge in [0.15, 0.2) is 0 Å². The summed E-state index contributed by atoms with van der Waals surface area (Å²) in [6.45, 7) is 0.628. The molecule has 0 bridgehead atoms. The number of nitrogens with one attached hydrogen (secondary N) is 2. The maximum atomic E-state index is 10.9. The minimum absolute atomic E-state index is 0.211. The van der Waals surface area contributed by atoms with Gasteiger partial charge in [0.2, 0.25) is 5.82 Å². The van der Waals surface area contributed by atoms with E-state index in [-0.39, 0.29) is 5.56 Å². The van der Waals surface area contributed by atoms with Crippen LogP contribution >= 0.6 is 0 Å². The Balaban J connectivity index is 1.77. The lowest BCUT2D eigenvalue weighted by Gasteiger charge is -2.10. The number of benzene rings is 2. The third-order valence-electron chi connectivity index (χ3n) is 3.64. The van der Waals surface area contributed by atoms with E-state index in [9.17, 15) is 9.59 Å². The molecule has 3 rings (SSSR count). The van der Waals surface area contributed by atoms with Crippen molar-refractivity contribution in [3.8, 4) is 11.4 Å². The lowest BCUT2D eigenvalue weighted by molar-refractivity contribution is 0.0697. The highest BCUT2D eigenvalue weighted by Gasteiger charge is 2.11. The van der Waals surface area contributed by atoms with E-state index < -0.39 is 12.0 Å². The van der Waals surface area contributed by atoms with Crippen LogP contribution in [0.15, 0.2) is 48.5 Å². The Hall–Kier alpha value is -3.95. The van der Waals surface area contributed by atoms with Crippen LogP contribution in [0.1, 0.15) is 10.4 Å². The maximum absolute atomic E-state index is 10.9. The molecule has 0 unspecified atom stereocenters. The molecular formula is C17H17N7O3. The standard InChI is InChI=1S/C17H17N7O3/c18-17(27)19-9-10-24-22-15(21-23-24)13-3-1-2-4-14(13)20-12-7-5-11(6-8-12)16(25)26/h1-8,20H,9-10H2,(H,25,26)(H3,18,19,27).